The van der Waals surface area contributed by atoms with Gasteiger partial charge in [-0.3, -0.25) is 4.79 Å². The second kappa shape index (κ2) is 3.96. The number of nitrogens with zero attached hydrogens (tertiary/aromatic N) is 2. The summed E-state index contributed by atoms with van der Waals surface area (Å²) in [5.74, 6) is 0.121. The fraction of sp³-hybridized carbons (Fsp3) is 0.556. The standard InChI is InChI=1S/C9H12N2O2S/c1-7(12)11-4-2-8(6-11)13-9-10-3-5-14-9/h3,5,8H,2,4,6H2,1H3. The fourth-order valence-electron chi connectivity index (χ4n) is 1.52. The summed E-state index contributed by atoms with van der Waals surface area (Å²) in [5, 5.41) is 2.58. The number of aromatic nitrogens is 1. The molecular weight excluding hydrogens is 200 g/mol. The highest BCUT2D eigenvalue weighted by Crippen LogP contribution is 2.20. The van der Waals surface area contributed by atoms with E-state index in [-0.39, 0.29) is 12.0 Å². The third kappa shape index (κ3) is 2.04. The zero-order valence-electron chi connectivity index (χ0n) is 7.97. The molecule has 1 aromatic heterocycles. The number of ether oxygens (including phenoxy) is 1. The molecule has 1 aliphatic heterocycles. The van der Waals surface area contributed by atoms with Gasteiger partial charge in [-0.1, -0.05) is 11.3 Å². The van der Waals surface area contributed by atoms with E-state index in [1.807, 2.05) is 5.38 Å². The number of carbonyl (C=O) groups is 1. The van der Waals surface area contributed by atoms with Crippen LogP contribution in [0.3, 0.4) is 0 Å². The summed E-state index contributed by atoms with van der Waals surface area (Å²) in [4.78, 5) is 16.9. The van der Waals surface area contributed by atoms with Gasteiger partial charge in [0, 0.05) is 31.5 Å². The van der Waals surface area contributed by atoms with Crippen LogP contribution in [0.5, 0.6) is 5.19 Å². The molecule has 2 rings (SSSR count). The molecule has 0 spiro atoms. The van der Waals surface area contributed by atoms with Crippen molar-refractivity contribution in [1.29, 1.82) is 0 Å². The SMILES string of the molecule is CC(=O)N1CCC(Oc2nccs2)C1. The van der Waals surface area contributed by atoms with Gasteiger partial charge in [-0.15, -0.1) is 0 Å². The number of thiazole rings is 1. The molecular formula is C9H12N2O2S. The molecule has 0 N–H and O–H groups in total. The highest BCUT2D eigenvalue weighted by molar-refractivity contribution is 7.11. The largest absolute Gasteiger partial charge is 0.465 e. The van der Waals surface area contributed by atoms with E-state index in [9.17, 15) is 4.79 Å². The van der Waals surface area contributed by atoms with Crippen molar-refractivity contribution >= 4 is 17.2 Å². The van der Waals surface area contributed by atoms with Gasteiger partial charge in [0.15, 0.2) is 0 Å². The van der Waals surface area contributed by atoms with E-state index >= 15 is 0 Å². The van der Waals surface area contributed by atoms with Gasteiger partial charge in [0.1, 0.15) is 6.10 Å². The molecule has 1 unspecified atom stereocenters. The van der Waals surface area contributed by atoms with Gasteiger partial charge in [-0.2, -0.15) is 0 Å². The topological polar surface area (TPSA) is 42.4 Å². The first kappa shape index (κ1) is 9.45. The zero-order chi connectivity index (χ0) is 9.97. The number of amides is 1. The first-order valence-corrected chi connectivity index (χ1v) is 5.45. The first-order chi connectivity index (χ1) is 6.75. The van der Waals surface area contributed by atoms with Crippen molar-refractivity contribution in [2.75, 3.05) is 13.1 Å². The van der Waals surface area contributed by atoms with Crippen LogP contribution in [0.4, 0.5) is 0 Å². The van der Waals surface area contributed by atoms with Crippen LogP contribution in [-0.2, 0) is 4.79 Å². The molecule has 2 heterocycles. The highest BCUT2D eigenvalue weighted by atomic mass is 32.1. The van der Waals surface area contributed by atoms with Crippen LogP contribution in [0.2, 0.25) is 0 Å². The van der Waals surface area contributed by atoms with Crippen LogP contribution in [-0.4, -0.2) is 35.0 Å². The van der Waals surface area contributed by atoms with Gasteiger partial charge in [-0.25, -0.2) is 4.98 Å². The minimum Gasteiger partial charge on any atom is -0.465 e. The van der Waals surface area contributed by atoms with Crippen LogP contribution in [0.1, 0.15) is 13.3 Å². The summed E-state index contributed by atoms with van der Waals surface area (Å²) in [7, 11) is 0. The predicted octanol–water partition coefficient (Wildman–Crippen LogP) is 1.14. The molecule has 0 saturated carbocycles. The summed E-state index contributed by atoms with van der Waals surface area (Å²) in [6.45, 7) is 3.08. The Morgan fingerprint density at radius 1 is 1.79 bits per heavy atom. The Labute approximate surface area is 86.5 Å². The van der Waals surface area contributed by atoms with Gasteiger partial charge in [0.25, 0.3) is 5.19 Å². The normalized spacial score (nSPS) is 21.2. The van der Waals surface area contributed by atoms with Crippen molar-refractivity contribution < 1.29 is 9.53 Å². The Hall–Kier alpha value is -1.10. The summed E-state index contributed by atoms with van der Waals surface area (Å²) in [6.07, 6.45) is 2.74. The summed E-state index contributed by atoms with van der Waals surface area (Å²) < 4.78 is 5.61. The Bertz CT molecular complexity index is 313. The molecule has 14 heavy (non-hydrogen) atoms. The molecule has 1 aliphatic rings. The lowest BCUT2D eigenvalue weighted by atomic mass is 10.3. The Kier molecular flexibility index (Phi) is 2.67. The van der Waals surface area contributed by atoms with Crippen molar-refractivity contribution in [3.63, 3.8) is 0 Å². The van der Waals surface area contributed by atoms with Crippen LogP contribution < -0.4 is 4.74 Å². The van der Waals surface area contributed by atoms with E-state index in [1.54, 1.807) is 18.0 Å². The minimum atomic E-state index is 0.116. The third-order valence-corrected chi connectivity index (χ3v) is 2.93. The third-order valence-electron chi connectivity index (χ3n) is 2.27. The number of hydrogen-bond acceptors (Lipinski definition) is 4. The Morgan fingerprint density at radius 2 is 2.64 bits per heavy atom. The van der Waals surface area contributed by atoms with Gasteiger partial charge < -0.3 is 9.64 Å². The van der Waals surface area contributed by atoms with E-state index in [4.69, 9.17) is 4.74 Å². The summed E-state index contributed by atoms with van der Waals surface area (Å²) in [6, 6.07) is 0. The van der Waals surface area contributed by atoms with Gasteiger partial charge in [0.2, 0.25) is 5.91 Å². The molecule has 1 saturated heterocycles. The lowest BCUT2D eigenvalue weighted by molar-refractivity contribution is -0.128. The van der Waals surface area contributed by atoms with Crippen LogP contribution in [0, 0.1) is 0 Å². The van der Waals surface area contributed by atoms with Crippen molar-refractivity contribution in [3.05, 3.63) is 11.6 Å². The van der Waals surface area contributed by atoms with Gasteiger partial charge in [0.05, 0.1) is 6.54 Å². The molecule has 0 aromatic carbocycles. The molecule has 76 valence electrons. The van der Waals surface area contributed by atoms with Gasteiger partial charge in [-0.05, 0) is 0 Å². The number of carbonyl (C=O) groups excluding carboxylic acids is 1. The van der Waals surface area contributed by atoms with Crippen molar-refractivity contribution in [2.24, 2.45) is 0 Å². The molecule has 1 amide bonds. The lowest BCUT2D eigenvalue weighted by Gasteiger charge is -2.13. The monoisotopic (exact) mass is 212 g/mol. The first-order valence-electron chi connectivity index (χ1n) is 4.57. The Balaban J connectivity index is 1.87. The fourth-order valence-corrected chi connectivity index (χ4v) is 2.07. The maximum atomic E-state index is 11.1. The molecule has 1 fully saturated rings. The highest BCUT2D eigenvalue weighted by Gasteiger charge is 2.25. The summed E-state index contributed by atoms with van der Waals surface area (Å²) >= 11 is 1.48. The smallest absolute Gasteiger partial charge is 0.273 e. The lowest BCUT2D eigenvalue weighted by Crippen LogP contribution is -2.28. The van der Waals surface area contributed by atoms with Crippen molar-refractivity contribution in [3.8, 4) is 5.19 Å². The summed E-state index contributed by atoms with van der Waals surface area (Å²) in [5.41, 5.74) is 0. The van der Waals surface area contributed by atoms with Crippen LogP contribution in [0.15, 0.2) is 11.6 Å². The number of rotatable bonds is 2. The van der Waals surface area contributed by atoms with E-state index in [1.165, 1.54) is 11.3 Å². The van der Waals surface area contributed by atoms with Crippen LogP contribution in [0.25, 0.3) is 0 Å². The quantitative estimate of drug-likeness (QED) is 0.738. The molecule has 0 bridgehead atoms. The second-order valence-electron chi connectivity index (χ2n) is 3.29. The molecule has 5 heteroatoms. The number of hydrogen-bond donors (Lipinski definition) is 0. The van der Waals surface area contributed by atoms with E-state index < -0.39 is 0 Å². The van der Waals surface area contributed by atoms with Crippen molar-refractivity contribution in [1.82, 2.24) is 9.88 Å². The van der Waals surface area contributed by atoms with E-state index in [2.05, 4.69) is 4.98 Å². The maximum Gasteiger partial charge on any atom is 0.273 e. The van der Waals surface area contributed by atoms with E-state index in [0.717, 1.165) is 13.0 Å². The molecule has 1 aromatic rings. The molecule has 4 nitrogen and oxygen atoms in total. The van der Waals surface area contributed by atoms with E-state index in [0.29, 0.717) is 11.7 Å². The average Bonchev–Trinajstić information content (AvgIpc) is 2.75. The maximum absolute atomic E-state index is 11.1. The molecule has 1 atom stereocenters. The Morgan fingerprint density at radius 3 is 3.21 bits per heavy atom. The molecule has 0 radical (unpaired) electrons. The number of likely N-dealkylation sites (tertiary alicyclic amines) is 1. The predicted molar refractivity (Wildman–Crippen MR) is 53.4 cm³/mol. The van der Waals surface area contributed by atoms with Gasteiger partial charge >= 0.3 is 0 Å². The average molecular weight is 212 g/mol. The van der Waals surface area contributed by atoms with Crippen LogP contribution >= 0.6 is 11.3 Å². The molecule has 0 aliphatic carbocycles. The minimum absolute atomic E-state index is 0.116. The van der Waals surface area contributed by atoms with Crippen molar-refractivity contribution in [2.45, 2.75) is 19.4 Å². The second-order valence-corrected chi connectivity index (χ2v) is 4.15. The zero-order valence-corrected chi connectivity index (χ0v) is 8.79.